The standard InChI is InChI=1S/C15H18Cl2N4O/c1-10-11(8-21(3)19-10)7-20(2)9-15(22)18-12-4-5-13(16)14(17)6-12/h4-6,8H,7,9H2,1-3H3,(H,18,22). The number of nitrogens with zero attached hydrogens (tertiary/aromatic N) is 3. The van der Waals surface area contributed by atoms with Crippen LogP contribution in [0.1, 0.15) is 11.3 Å². The Morgan fingerprint density at radius 2 is 2.09 bits per heavy atom. The van der Waals surface area contributed by atoms with Gasteiger partial charge in [0, 0.05) is 31.0 Å². The van der Waals surface area contributed by atoms with Crippen LogP contribution in [0.5, 0.6) is 0 Å². The number of amides is 1. The lowest BCUT2D eigenvalue weighted by Crippen LogP contribution is -2.29. The van der Waals surface area contributed by atoms with Gasteiger partial charge in [0.2, 0.25) is 5.91 Å². The maximum Gasteiger partial charge on any atom is 0.238 e. The first-order valence-corrected chi connectivity index (χ1v) is 7.53. The number of anilines is 1. The molecule has 0 bridgehead atoms. The summed E-state index contributed by atoms with van der Waals surface area (Å²) in [6.45, 7) is 2.89. The Balaban J connectivity index is 1.91. The van der Waals surface area contributed by atoms with Crippen molar-refractivity contribution in [3.8, 4) is 0 Å². The second-order valence-corrected chi connectivity index (χ2v) is 6.08. The van der Waals surface area contributed by atoms with Crippen LogP contribution in [-0.2, 0) is 18.4 Å². The Kier molecular flexibility index (Phi) is 5.45. The van der Waals surface area contributed by atoms with Crippen molar-refractivity contribution in [3.63, 3.8) is 0 Å². The van der Waals surface area contributed by atoms with E-state index < -0.39 is 0 Å². The highest BCUT2D eigenvalue weighted by molar-refractivity contribution is 6.42. The van der Waals surface area contributed by atoms with Gasteiger partial charge >= 0.3 is 0 Å². The topological polar surface area (TPSA) is 50.2 Å². The largest absolute Gasteiger partial charge is 0.325 e. The van der Waals surface area contributed by atoms with Gasteiger partial charge in [0.15, 0.2) is 0 Å². The zero-order valence-electron chi connectivity index (χ0n) is 12.7. The van der Waals surface area contributed by atoms with E-state index in [-0.39, 0.29) is 12.5 Å². The molecule has 7 heteroatoms. The molecule has 1 N–H and O–H groups in total. The number of hydrogen-bond donors (Lipinski definition) is 1. The highest BCUT2D eigenvalue weighted by Gasteiger charge is 2.11. The molecule has 2 aromatic rings. The molecule has 1 aromatic heterocycles. The van der Waals surface area contributed by atoms with E-state index in [1.807, 2.05) is 32.1 Å². The Bertz CT molecular complexity index is 684. The summed E-state index contributed by atoms with van der Waals surface area (Å²) in [6.07, 6.45) is 1.96. The van der Waals surface area contributed by atoms with Crippen molar-refractivity contribution in [2.45, 2.75) is 13.5 Å². The summed E-state index contributed by atoms with van der Waals surface area (Å²) >= 11 is 11.8. The number of carbonyl (C=O) groups excluding carboxylic acids is 1. The van der Waals surface area contributed by atoms with Gasteiger partial charge in [0.05, 0.1) is 22.3 Å². The Morgan fingerprint density at radius 3 is 2.68 bits per heavy atom. The first-order valence-electron chi connectivity index (χ1n) is 6.77. The van der Waals surface area contributed by atoms with E-state index in [4.69, 9.17) is 23.2 Å². The van der Waals surface area contributed by atoms with Crippen molar-refractivity contribution in [1.29, 1.82) is 0 Å². The summed E-state index contributed by atoms with van der Waals surface area (Å²) in [5.74, 6) is -0.109. The number of aromatic nitrogens is 2. The highest BCUT2D eigenvalue weighted by atomic mass is 35.5. The van der Waals surface area contributed by atoms with Gasteiger partial charge in [0.25, 0.3) is 0 Å². The summed E-state index contributed by atoms with van der Waals surface area (Å²) < 4.78 is 1.77. The number of halogens is 2. The Morgan fingerprint density at radius 1 is 1.36 bits per heavy atom. The average molecular weight is 341 g/mol. The molecule has 1 heterocycles. The third-order valence-corrected chi connectivity index (χ3v) is 3.91. The van der Waals surface area contributed by atoms with Crippen molar-refractivity contribution in [1.82, 2.24) is 14.7 Å². The van der Waals surface area contributed by atoms with Gasteiger partial charge in [-0.3, -0.25) is 14.4 Å². The van der Waals surface area contributed by atoms with Crippen LogP contribution in [0, 0.1) is 6.92 Å². The van der Waals surface area contributed by atoms with Crippen LogP contribution in [0.4, 0.5) is 5.69 Å². The quantitative estimate of drug-likeness (QED) is 0.909. The van der Waals surface area contributed by atoms with E-state index in [1.54, 1.807) is 22.9 Å². The number of nitrogens with one attached hydrogen (secondary N) is 1. The molecular weight excluding hydrogens is 323 g/mol. The predicted molar refractivity (Wildman–Crippen MR) is 89.4 cm³/mol. The lowest BCUT2D eigenvalue weighted by atomic mass is 10.2. The second kappa shape index (κ2) is 7.13. The van der Waals surface area contributed by atoms with Crippen LogP contribution >= 0.6 is 23.2 Å². The molecule has 118 valence electrons. The predicted octanol–water partition coefficient (Wildman–Crippen LogP) is 3.11. The molecule has 0 atom stereocenters. The summed E-state index contributed by atoms with van der Waals surface area (Å²) in [4.78, 5) is 14.0. The summed E-state index contributed by atoms with van der Waals surface area (Å²) in [5.41, 5.74) is 2.71. The zero-order valence-corrected chi connectivity index (χ0v) is 14.2. The average Bonchev–Trinajstić information content (AvgIpc) is 2.72. The van der Waals surface area contributed by atoms with Crippen LogP contribution < -0.4 is 5.32 Å². The van der Waals surface area contributed by atoms with Gasteiger partial charge in [0.1, 0.15) is 0 Å². The maximum atomic E-state index is 12.0. The monoisotopic (exact) mass is 340 g/mol. The van der Waals surface area contributed by atoms with E-state index in [9.17, 15) is 4.79 Å². The maximum absolute atomic E-state index is 12.0. The molecule has 0 spiro atoms. The van der Waals surface area contributed by atoms with Gasteiger partial charge in [-0.25, -0.2) is 0 Å². The smallest absolute Gasteiger partial charge is 0.238 e. The second-order valence-electron chi connectivity index (χ2n) is 5.26. The van der Waals surface area contributed by atoms with Crippen molar-refractivity contribution < 1.29 is 4.79 Å². The molecule has 0 radical (unpaired) electrons. The van der Waals surface area contributed by atoms with Crippen LogP contribution in [-0.4, -0.2) is 34.2 Å². The zero-order chi connectivity index (χ0) is 16.3. The van der Waals surface area contributed by atoms with E-state index in [0.717, 1.165) is 11.3 Å². The van der Waals surface area contributed by atoms with E-state index in [1.165, 1.54) is 0 Å². The SMILES string of the molecule is Cc1nn(C)cc1CN(C)CC(=O)Nc1ccc(Cl)c(Cl)c1. The molecule has 0 saturated carbocycles. The lowest BCUT2D eigenvalue weighted by molar-refractivity contribution is -0.117. The van der Waals surface area contributed by atoms with Crippen LogP contribution in [0.25, 0.3) is 0 Å². The summed E-state index contributed by atoms with van der Waals surface area (Å²) in [7, 11) is 3.77. The molecule has 1 amide bonds. The molecule has 2 rings (SSSR count). The molecule has 5 nitrogen and oxygen atoms in total. The van der Waals surface area contributed by atoms with Crippen molar-refractivity contribution in [2.75, 3.05) is 18.9 Å². The molecule has 22 heavy (non-hydrogen) atoms. The van der Waals surface area contributed by atoms with Gasteiger partial charge in [-0.1, -0.05) is 23.2 Å². The Hall–Kier alpha value is -1.56. The molecule has 0 unspecified atom stereocenters. The number of hydrogen-bond acceptors (Lipinski definition) is 3. The molecule has 1 aromatic carbocycles. The number of benzene rings is 1. The summed E-state index contributed by atoms with van der Waals surface area (Å²) in [6, 6.07) is 5.01. The number of aryl methyl sites for hydroxylation is 2. The fourth-order valence-corrected chi connectivity index (χ4v) is 2.47. The minimum absolute atomic E-state index is 0.109. The molecule has 0 saturated heterocycles. The number of carbonyl (C=O) groups is 1. The Labute approximate surface area is 139 Å². The fourth-order valence-electron chi connectivity index (χ4n) is 2.17. The number of likely N-dealkylation sites (N-methyl/N-ethyl adjacent to an activating group) is 1. The van der Waals surface area contributed by atoms with Gasteiger partial charge < -0.3 is 5.32 Å². The normalized spacial score (nSPS) is 11.0. The number of rotatable bonds is 5. The first-order chi connectivity index (χ1) is 10.3. The van der Waals surface area contributed by atoms with Crippen molar-refractivity contribution in [3.05, 3.63) is 45.7 Å². The van der Waals surface area contributed by atoms with Crippen LogP contribution in [0.3, 0.4) is 0 Å². The first kappa shape index (κ1) is 16.8. The van der Waals surface area contributed by atoms with Crippen LogP contribution in [0.2, 0.25) is 10.0 Å². The molecular formula is C15H18Cl2N4O. The third-order valence-electron chi connectivity index (χ3n) is 3.17. The molecule has 0 aliphatic rings. The summed E-state index contributed by atoms with van der Waals surface area (Å²) in [5, 5.41) is 7.97. The van der Waals surface area contributed by atoms with E-state index >= 15 is 0 Å². The fraction of sp³-hybridized carbons (Fsp3) is 0.333. The lowest BCUT2D eigenvalue weighted by Gasteiger charge is -2.16. The molecule has 0 fully saturated rings. The van der Waals surface area contributed by atoms with Crippen LogP contribution in [0.15, 0.2) is 24.4 Å². The highest BCUT2D eigenvalue weighted by Crippen LogP contribution is 2.24. The van der Waals surface area contributed by atoms with Gasteiger partial charge in [-0.15, -0.1) is 0 Å². The van der Waals surface area contributed by atoms with E-state index in [2.05, 4.69) is 10.4 Å². The van der Waals surface area contributed by atoms with Gasteiger partial charge in [-0.05, 0) is 32.2 Å². The molecule has 0 aliphatic carbocycles. The van der Waals surface area contributed by atoms with Crippen molar-refractivity contribution >= 4 is 34.8 Å². The van der Waals surface area contributed by atoms with Gasteiger partial charge in [-0.2, -0.15) is 5.10 Å². The minimum atomic E-state index is -0.109. The molecule has 0 aliphatic heterocycles. The van der Waals surface area contributed by atoms with E-state index in [0.29, 0.717) is 22.3 Å². The van der Waals surface area contributed by atoms with Crippen molar-refractivity contribution in [2.24, 2.45) is 7.05 Å². The minimum Gasteiger partial charge on any atom is -0.325 e. The third kappa shape index (κ3) is 4.47.